The van der Waals surface area contributed by atoms with Crippen LogP contribution >= 0.6 is 0 Å². The number of unbranched alkanes of at least 4 members (excludes halogenated alkanes) is 2. The minimum absolute atomic E-state index is 0.219. The molecule has 4 heteroatoms. The SMILES string of the molecule is C=C(C)C(=O)OC(CCCCC)C(=O)O. The van der Waals surface area contributed by atoms with Crippen LogP contribution in [-0.4, -0.2) is 23.1 Å². The first-order valence-electron chi connectivity index (χ1n) is 5.08. The fourth-order valence-electron chi connectivity index (χ4n) is 1.04. The first-order chi connectivity index (χ1) is 6.99. The highest BCUT2D eigenvalue weighted by Gasteiger charge is 2.21. The van der Waals surface area contributed by atoms with Gasteiger partial charge in [0.25, 0.3) is 0 Å². The van der Waals surface area contributed by atoms with Crippen LogP contribution in [0.5, 0.6) is 0 Å². The van der Waals surface area contributed by atoms with Gasteiger partial charge >= 0.3 is 11.9 Å². The average molecular weight is 214 g/mol. The molecule has 0 rings (SSSR count). The number of esters is 1. The topological polar surface area (TPSA) is 63.6 Å². The predicted octanol–water partition coefficient (Wildman–Crippen LogP) is 2.14. The Bertz CT molecular complexity index is 245. The number of carbonyl (C=O) groups excluding carboxylic acids is 1. The van der Waals surface area contributed by atoms with Gasteiger partial charge in [0.15, 0.2) is 6.10 Å². The Morgan fingerprint density at radius 3 is 2.40 bits per heavy atom. The zero-order valence-electron chi connectivity index (χ0n) is 9.28. The van der Waals surface area contributed by atoms with E-state index in [9.17, 15) is 9.59 Å². The summed E-state index contributed by atoms with van der Waals surface area (Å²) >= 11 is 0. The zero-order valence-corrected chi connectivity index (χ0v) is 9.28. The molecule has 1 N–H and O–H groups in total. The molecule has 0 aliphatic heterocycles. The summed E-state index contributed by atoms with van der Waals surface area (Å²) < 4.78 is 4.78. The highest BCUT2D eigenvalue weighted by molar-refractivity contribution is 5.89. The van der Waals surface area contributed by atoms with Gasteiger partial charge in [-0.3, -0.25) is 0 Å². The first-order valence-corrected chi connectivity index (χ1v) is 5.08. The third-order valence-electron chi connectivity index (χ3n) is 1.94. The van der Waals surface area contributed by atoms with Crippen molar-refractivity contribution in [1.29, 1.82) is 0 Å². The molecule has 0 aliphatic carbocycles. The van der Waals surface area contributed by atoms with E-state index >= 15 is 0 Å². The van der Waals surface area contributed by atoms with Gasteiger partial charge in [0.1, 0.15) is 0 Å². The molecule has 0 bridgehead atoms. The van der Waals surface area contributed by atoms with Crippen molar-refractivity contribution in [2.24, 2.45) is 0 Å². The van der Waals surface area contributed by atoms with Crippen LogP contribution in [0.25, 0.3) is 0 Å². The second-order valence-corrected chi connectivity index (χ2v) is 3.51. The quantitative estimate of drug-likeness (QED) is 0.400. The van der Waals surface area contributed by atoms with Crippen molar-refractivity contribution < 1.29 is 19.4 Å². The summed E-state index contributed by atoms with van der Waals surface area (Å²) in [6, 6.07) is 0. The van der Waals surface area contributed by atoms with E-state index < -0.39 is 18.0 Å². The molecule has 0 aromatic carbocycles. The van der Waals surface area contributed by atoms with Crippen molar-refractivity contribution in [3.8, 4) is 0 Å². The van der Waals surface area contributed by atoms with Crippen molar-refractivity contribution >= 4 is 11.9 Å². The van der Waals surface area contributed by atoms with Gasteiger partial charge in [0, 0.05) is 5.57 Å². The molecular weight excluding hydrogens is 196 g/mol. The Balaban J connectivity index is 4.10. The Morgan fingerprint density at radius 1 is 1.40 bits per heavy atom. The Kier molecular flexibility index (Phi) is 6.42. The van der Waals surface area contributed by atoms with E-state index in [0.717, 1.165) is 19.3 Å². The lowest BCUT2D eigenvalue weighted by Crippen LogP contribution is -2.27. The fraction of sp³-hybridized carbons (Fsp3) is 0.636. The van der Waals surface area contributed by atoms with Crippen LogP contribution in [0.3, 0.4) is 0 Å². The Morgan fingerprint density at radius 2 is 2.00 bits per heavy atom. The second-order valence-electron chi connectivity index (χ2n) is 3.51. The number of carbonyl (C=O) groups is 2. The van der Waals surface area contributed by atoms with Crippen LogP contribution < -0.4 is 0 Å². The molecule has 0 aromatic heterocycles. The molecule has 0 amide bonds. The van der Waals surface area contributed by atoms with Crippen LogP contribution in [-0.2, 0) is 14.3 Å². The normalized spacial score (nSPS) is 11.9. The molecule has 4 nitrogen and oxygen atoms in total. The Hall–Kier alpha value is -1.32. The lowest BCUT2D eigenvalue weighted by atomic mass is 10.1. The van der Waals surface area contributed by atoms with Crippen LogP contribution in [0.2, 0.25) is 0 Å². The summed E-state index contributed by atoms with van der Waals surface area (Å²) in [5.41, 5.74) is 0.219. The molecular formula is C11H18O4. The summed E-state index contributed by atoms with van der Waals surface area (Å²) in [4.78, 5) is 21.9. The van der Waals surface area contributed by atoms with Crippen LogP contribution in [0.4, 0.5) is 0 Å². The van der Waals surface area contributed by atoms with E-state index in [-0.39, 0.29) is 5.57 Å². The van der Waals surface area contributed by atoms with E-state index in [1.54, 1.807) is 0 Å². The number of ether oxygens (including phenoxy) is 1. The van der Waals surface area contributed by atoms with Gasteiger partial charge in [-0.25, -0.2) is 9.59 Å². The minimum Gasteiger partial charge on any atom is -0.479 e. The van der Waals surface area contributed by atoms with Crippen LogP contribution in [0.1, 0.15) is 39.5 Å². The molecule has 15 heavy (non-hydrogen) atoms. The molecule has 86 valence electrons. The molecule has 0 saturated carbocycles. The number of aliphatic carboxylic acids is 1. The highest BCUT2D eigenvalue weighted by Crippen LogP contribution is 2.09. The number of carboxylic acids is 1. The highest BCUT2D eigenvalue weighted by atomic mass is 16.6. The van der Waals surface area contributed by atoms with E-state index in [2.05, 4.69) is 6.58 Å². The summed E-state index contributed by atoms with van der Waals surface area (Å²) in [7, 11) is 0. The molecule has 1 atom stereocenters. The summed E-state index contributed by atoms with van der Waals surface area (Å²) in [6.45, 7) is 6.91. The smallest absolute Gasteiger partial charge is 0.345 e. The maximum atomic E-state index is 11.1. The van der Waals surface area contributed by atoms with E-state index in [1.807, 2.05) is 6.92 Å². The third kappa shape index (κ3) is 5.88. The Labute approximate surface area is 89.9 Å². The number of rotatable bonds is 7. The van der Waals surface area contributed by atoms with E-state index in [0.29, 0.717) is 6.42 Å². The van der Waals surface area contributed by atoms with Gasteiger partial charge in [-0.15, -0.1) is 0 Å². The largest absolute Gasteiger partial charge is 0.479 e. The van der Waals surface area contributed by atoms with Gasteiger partial charge in [-0.05, 0) is 19.8 Å². The lowest BCUT2D eigenvalue weighted by Gasteiger charge is -2.13. The van der Waals surface area contributed by atoms with Crippen LogP contribution in [0, 0.1) is 0 Å². The second kappa shape index (κ2) is 7.04. The third-order valence-corrected chi connectivity index (χ3v) is 1.94. The van der Waals surface area contributed by atoms with Gasteiger partial charge < -0.3 is 9.84 Å². The number of hydrogen-bond donors (Lipinski definition) is 1. The van der Waals surface area contributed by atoms with Crippen molar-refractivity contribution in [2.75, 3.05) is 0 Å². The van der Waals surface area contributed by atoms with Gasteiger partial charge in [0.05, 0.1) is 0 Å². The van der Waals surface area contributed by atoms with Crippen molar-refractivity contribution in [1.82, 2.24) is 0 Å². The summed E-state index contributed by atoms with van der Waals surface area (Å²) in [5, 5.41) is 8.80. The zero-order chi connectivity index (χ0) is 11.8. The summed E-state index contributed by atoms with van der Waals surface area (Å²) in [6.07, 6.45) is 2.01. The standard InChI is InChI=1S/C11H18O4/c1-4-5-6-7-9(10(12)13)15-11(14)8(2)3/h9H,2,4-7H2,1,3H3,(H,12,13). The molecule has 0 fully saturated rings. The van der Waals surface area contributed by atoms with Crippen LogP contribution in [0.15, 0.2) is 12.2 Å². The van der Waals surface area contributed by atoms with Gasteiger partial charge in [-0.1, -0.05) is 26.3 Å². The average Bonchev–Trinajstić information content (AvgIpc) is 2.15. The van der Waals surface area contributed by atoms with Crippen molar-refractivity contribution in [2.45, 2.75) is 45.6 Å². The number of carboxylic acid groups (broad SMARTS) is 1. The maximum Gasteiger partial charge on any atom is 0.345 e. The molecule has 0 radical (unpaired) electrons. The fourth-order valence-corrected chi connectivity index (χ4v) is 1.04. The van der Waals surface area contributed by atoms with Gasteiger partial charge in [0.2, 0.25) is 0 Å². The molecule has 0 aliphatic rings. The summed E-state index contributed by atoms with van der Waals surface area (Å²) in [5.74, 6) is -1.74. The molecule has 0 aromatic rings. The predicted molar refractivity (Wildman–Crippen MR) is 56.5 cm³/mol. The number of hydrogen-bond acceptors (Lipinski definition) is 3. The van der Waals surface area contributed by atoms with Crippen molar-refractivity contribution in [3.05, 3.63) is 12.2 Å². The molecule has 0 saturated heterocycles. The lowest BCUT2D eigenvalue weighted by molar-refractivity contribution is -0.161. The minimum atomic E-state index is -1.10. The van der Waals surface area contributed by atoms with E-state index in [4.69, 9.17) is 9.84 Å². The van der Waals surface area contributed by atoms with Crippen molar-refractivity contribution in [3.63, 3.8) is 0 Å². The molecule has 0 spiro atoms. The van der Waals surface area contributed by atoms with Gasteiger partial charge in [-0.2, -0.15) is 0 Å². The van der Waals surface area contributed by atoms with E-state index in [1.165, 1.54) is 6.92 Å². The molecule has 0 heterocycles. The maximum absolute atomic E-state index is 11.1. The monoisotopic (exact) mass is 214 g/mol. The molecule has 1 unspecified atom stereocenters. The first kappa shape index (κ1) is 13.7.